The first kappa shape index (κ1) is 28.9. The molecule has 1 unspecified atom stereocenters. The summed E-state index contributed by atoms with van der Waals surface area (Å²) in [4.78, 5) is 22.3. The molecule has 0 spiro atoms. The Bertz CT molecular complexity index is 1250. The van der Waals surface area contributed by atoms with E-state index < -0.39 is 10.2 Å². The molecule has 0 fully saturated rings. The molecule has 4 N–H and O–H groups in total. The molecule has 13 heteroatoms. The smallest absolute Gasteiger partial charge is 0.324 e. The number of hydrazone groups is 1. The minimum atomic E-state index is -4.00. The van der Waals surface area contributed by atoms with Gasteiger partial charge in [0.1, 0.15) is 0 Å². The SMILES string of the molecule is CCN(CCOC)S(=O)(=O)N=C(CN)N1CC(c2ccccc2)C(c2ccc(NC(=O)CNC=O)cc2)=N1. The zero-order valence-corrected chi connectivity index (χ0v) is 22.2. The summed E-state index contributed by atoms with van der Waals surface area (Å²) in [6.07, 6.45) is 0.458. The van der Waals surface area contributed by atoms with E-state index in [0.717, 1.165) is 11.1 Å². The quantitative estimate of drug-likeness (QED) is 0.191. The molecule has 0 aliphatic carbocycles. The average Bonchev–Trinajstić information content (AvgIpc) is 3.37. The predicted molar refractivity (Wildman–Crippen MR) is 146 cm³/mol. The molecule has 1 heterocycles. The zero-order chi connectivity index (χ0) is 27.5. The Morgan fingerprint density at radius 3 is 2.55 bits per heavy atom. The maximum Gasteiger partial charge on any atom is 0.324 e. The van der Waals surface area contributed by atoms with E-state index in [1.54, 1.807) is 19.1 Å². The van der Waals surface area contributed by atoms with Gasteiger partial charge in [-0.1, -0.05) is 49.4 Å². The Morgan fingerprint density at radius 1 is 1.24 bits per heavy atom. The Labute approximate surface area is 222 Å². The molecule has 1 aliphatic rings. The lowest BCUT2D eigenvalue weighted by atomic mass is 9.90. The molecule has 0 saturated heterocycles. The van der Waals surface area contributed by atoms with Crippen molar-refractivity contribution < 1.29 is 22.7 Å². The van der Waals surface area contributed by atoms with Gasteiger partial charge in [0, 0.05) is 31.8 Å². The molecule has 1 atom stereocenters. The standard InChI is InChI=1S/C25H33N7O5S/c1-3-31(13-14-37-2)38(35,36)30-23(15-26)32-17-22(19-7-5-4-6-8-19)25(29-32)20-9-11-21(12-10-20)28-24(34)16-27-18-33/h4-12,18,22H,3,13-17,26H2,1-2H3,(H,27,33)(H,28,34). The first-order valence-corrected chi connectivity index (χ1v) is 13.5. The van der Waals surface area contributed by atoms with Crippen LogP contribution in [-0.2, 0) is 24.5 Å². The van der Waals surface area contributed by atoms with Crippen molar-refractivity contribution in [1.82, 2.24) is 14.6 Å². The number of nitrogens with one attached hydrogen (secondary N) is 2. The van der Waals surface area contributed by atoms with Gasteiger partial charge in [-0.2, -0.15) is 17.8 Å². The van der Waals surface area contributed by atoms with Crippen molar-refractivity contribution in [3.63, 3.8) is 0 Å². The van der Waals surface area contributed by atoms with Crippen LogP contribution in [0.15, 0.2) is 64.1 Å². The molecule has 3 rings (SSSR count). The number of carbonyl (C=O) groups is 2. The van der Waals surface area contributed by atoms with Crippen LogP contribution in [0.5, 0.6) is 0 Å². The van der Waals surface area contributed by atoms with E-state index in [2.05, 4.69) is 15.0 Å². The third-order valence-corrected chi connectivity index (χ3v) is 7.39. The lowest BCUT2D eigenvalue weighted by Gasteiger charge is -2.20. The fourth-order valence-corrected chi connectivity index (χ4v) is 5.13. The second kappa shape index (κ2) is 13.8. The number of benzene rings is 2. The topological polar surface area (TPSA) is 159 Å². The van der Waals surface area contributed by atoms with E-state index >= 15 is 0 Å². The van der Waals surface area contributed by atoms with Gasteiger partial charge in [-0.25, -0.2) is 5.01 Å². The van der Waals surface area contributed by atoms with Gasteiger partial charge in [-0.15, -0.1) is 4.40 Å². The lowest BCUT2D eigenvalue weighted by Crippen LogP contribution is -2.37. The monoisotopic (exact) mass is 543 g/mol. The second-order valence-corrected chi connectivity index (χ2v) is 9.92. The van der Waals surface area contributed by atoms with Crippen LogP contribution in [0.2, 0.25) is 0 Å². The van der Waals surface area contributed by atoms with E-state index in [0.29, 0.717) is 24.4 Å². The first-order chi connectivity index (χ1) is 18.3. The number of carbonyl (C=O) groups excluding carboxylic acids is 2. The van der Waals surface area contributed by atoms with E-state index in [1.807, 2.05) is 42.5 Å². The maximum atomic E-state index is 13.0. The largest absolute Gasteiger partial charge is 0.383 e. The molecule has 2 aromatic rings. The zero-order valence-electron chi connectivity index (χ0n) is 21.4. The normalized spacial score (nSPS) is 15.9. The summed E-state index contributed by atoms with van der Waals surface area (Å²) in [5, 5.41) is 11.3. The Hall–Kier alpha value is -3.65. The van der Waals surface area contributed by atoms with Crippen molar-refractivity contribution >= 4 is 39.8 Å². The van der Waals surface area contributed by atoms with Gasteiger partial charge in [-0.05, 0) is 23.3 Å². The minimum Gasteiger partial charge on any atom is -0.383 e. The average molecular weight is 544 g/mol. The highest BCUT2D eigenvalue weighted by Gasteiger charge is 2.32. The van der Waals surface area contributed by atoms with E-state index in [9.17, 15) is 18.0 Å². The summed E-state index contributed by atoms with van der Waals surface area (Å²) in [7, 11) is -2.49. The second-order valence-electron chi connectivity index (χ2n) is 8.33. The molecular formula is C25H33N7O5S. The van der Waals surface area contributed by atoms with Gasteiger partial charge in [-0.3, -0.25) is 9.59 Å². The van der Waals surface area contributed by atoms with Crippen LogP contribution in [-0.4, -0.2) is 88.0 Å². The fraction of sp³-hybridized carbons (Fsp3) is 0.360. The summed E-state index contributed by atoms with van der Waals surface area (Å²) < 4.78 is 36.2. The van der Waals surface area contributed by atoms with Crippen molar-refractivity contribution in [2.45, 2.75) is 12.8 Å². The molecule has 0 aromatic heterocycles. The minimum absolute atomic E-state index is 0.126. The highest BCUT2D eigenvalue weighted by atomic mass is 32.2. The first-order valence-electron chi connectivity index (χ1n) is 12.1. The third kappa shape index (κ3) is 7.44. The molecular weight excluding hydrogens is 510 g/mol. The van der Waals surface area contributed by atoms with Gasteiger partial charge in [0.2, 0.25) is 12.3 Å². The molecule has 2 aromatic carbocycles. The van der Waals surface area contributed by atoms with Crippen molar-refractivity contribution in [2.75, 3.05) is 51.8 Å². The summed E-state index contributed by atoms with van der Waals surface area (Å²) in [5.41, 5.74) is 9.02. The number of rotatable bonds is 13. The van der Waals surface area contributed by atoms with Crippen LogP contribution in [0.4, 0.5) is 5.69 Å². The number of hydrogen-bond acceptors (Lipinski definition) is 7. The molecule has 204 valence electrons. The Morgan fingerprint density at radius 2 is 1.95 bits per heavy atom. The molecule has 2 amide bonds. The molecule has 0 radical (unpaired) electrons. The number of nitrogens with two attached hydrogens (primary N) is 1. The summed E-state index contributed by atoms with van der Waals surface area (Å²) in [6, 6.07) is 16.9. The van der Waals surface area contributed by atoms with Crippen LogP contribution in [0.1, 0.15) is 24.0 Å². The van der Waals surface area contributed by atoms with Gasteiger partial charge >= 0.3 is 10.2 Å². The van der Waals surface area contributed by atoms with Gasteiger partial charge in [0.05, 0.1) is 32.0 Å². The van der Waals surface area contributed by atoms with E-state index in [1.165, 1.54) is 16.4 Å². The van der Waals surface area contributed by atoms with E-state index in [-0.39, 0.29) is 50.4 Å². The fourth-order valence-electron chi connectivity index (χ4n) is 3.94. The van der Waals surface area contributed by atoms with Crippen LogP contribution < -0.4 is 16.4 Å². The predicted octanol–water partition coefficient (Wildman–Crippen LogP) is 0.745. The molecule has 0 saturated carbocycles. The number of amidine groups is 1. The van der Waals surface area contributed by atoms with Crippen LogP contribution in [0.25, 0.3) is 0 Å². The Kier molecular flexibility index (Phi) is 10.5. The van der Waals surface area contributed by atoms with Crippen molar-refractivity contribution in [1.29, 1.82) is 0 Å². The summed E-state index contributed by atoms with van der Waals surface area (Å²) in [5.74, 6) is -0.403. The number of amides is 2. The number of likely N-dealkylation sites (N-methyl/N-ethyl adjacent to an activating group) is 1. The third-order valence-electron chi connectivity index (χ3n) is 5.85. The highest BCUT2D eigenvalue weighted by Crippen LogP contribution is 2.29. The lowest BCUT2D eigenvalue weighted by molar-refractivity contribution is -0.118. The number of anilines is 1. The van der Waals surface area contributed by atoms with Crippen molar-refractivity contribution in [2.24, 2.45) is 15.2 Å². The van der Waals surface area contributed by atoms with Crippen molar-refractivity contribution in [3.8, 4) is 0 Å². The van der Waals surface area contributed by atoms with Gasteiger partial charge < -0.3 is 21.1 Å². The van der Waals surface area contributed by atoms with Crippen molar-refractivity contribution in [3.05, 3.63) is 65.7 Å². The maximum absolute atomic E-state index is 13.0. The van der Waals surface area contributed by atoms with Crippen LogP contribution >= 0.6 is 0 Å². The number of hydrogen-bond donors (Lipinski definition) is 3. The van der Waals surface area contributed by atoms with Crippen LogP contribution in [0, 0.1) is 0 Å². The molecule has 1 aliphatic heterocycles. The van der Waals surface area contributed by atoms with E-state index in [4.69, 9.17) is 15.6 Å². The molecule has 0 bridgehead atoms. The molecule has 38 heavy (non-hydrogen) atoms. The number of methoxy groups -OCH3 is 1. The van der Waals surface area contributed by atoms with Gasteiger partial charge in [0.25, 0.3) is 0 Å². The Balaban J connectivity index is 1.92. The van der Waals surface area contributed by atoms with Crippen LogP contribution in [0.3, 0.4) is 0 Å². The highest BCUT2D eigenvalue weighted by molar-refractivity contribution is 7.87. The number of ether oxygens (including phenoxy) is 1. The summed E-state index contributed by atoms with van der Waals surface area (Å²) in [6.45, 7) is 2.48. The number of nitrogens with zero attached hydrogens (tertiary/aromatic N) is 4. The van der Waals surface area contributed by atoms with Gasteiger partial charge in [0.15, 0.2) is 5.84 Å². The molecule has 12 nitrogen and oxygen atoms in total. The summed E-state index contributed by atoms with van der Waals surface area (Å²) >= 11 is 0.